The number of H-pyrrole nitrogens is 1. The Hall–Kier alpha value is -2.23. The number of aliphatic hydroxyl groups is 3. The number of nitrogens with two attached hydrogens (primary N) is 1. The first-order chi connectivity index (χ1) is 14.1. The number of aromatic nitrogens is 1. The van der Waals surface area contributed by atoms with E-state index in [1.165, 1.54) is 0 Å². The second kappa shape index (κ2) is 11.1. The Bertz CT molecular complexity index is 831. The van der Waals surface area contributed by atoms with Gasteiger partial charge in [0.2, 0.25) is 0 Å². The van der Waals surface area contributed by atoms with Gasteiger partial charge in [0.1, 0.15) is 5.69 Å². The van der Waals surface area contributed by atoms with Crippen molar-refractivity contribution in [3.63, 3.8) is 0 Å². The second-order valence-electron chi connectivity index (χ2n) is 6.54. The summed E-state index contributed by atoms with van der Waals surface area (Å²) < 4.78 is 10.4. The molecule has 29 heavy (non-hydrogen) atoms. The van der Waals surface area contributed by atoms with Crippen LogP contribution in [0.5, 0.6) is 0 Å². The van der Waals surface area contributed by atoms with Gasteiger partial charge in [0.15, 0.2) is 0 Å². The number of methoxy groups -OCH3 is 1. The van der Waals surface area contributed by atoms with Crippen molar-refractivity contribution in [1.29, 1.82) is 0 Å². The molecule has 8 nitrogen and oxygen atoms in total. The minimum Gasteiger partial charge on any atom is -0.461 e. The van der Waals surface area contributed by atoms with Gasteiger partial charge < -0.3 is 35.5 Å². The third-order valence-electron chi connectivity index (χ3n) is 4.90. The van der Waals surface area contributed by atoms with Crippen molar-refractivity contribution in [2.45, 2.75) is 39.6 Å². The van der Waals surface area contributed by atoms with Crippen LogP contribution in [0.3, 0.4) is 0 Å². The molecule has 8 heteroatoms. The van der Waals surface area contributed by atoms with Crippen LogP contribution in [0.15, 0.2) is 12.1 Å². The predicted octanol–water partition coefficient (Wildman–Crippen LogP) is 1.03. The molecule has 160 valence electrons. The minimum absolute atomic E-state index is 0.241. The Morgan fingerprint density at radius 1 is 1.07 bits per heavy atom. The Labute approximate surface area is 170 Å². The number of carbonyl (C=O) groups excluding carboxylic acids is 1. The molecule has 0 radical (unpaired) electrons. The number of hydrogen-bond donors (Lipinski definition) is 5. The monoisotopic (exact) mass is 406 g/mol. The second-order valence-corrected chi connectivity index (χ2v) is 6.54. The fourth-order valence-electron chi connectivity index (χ4n) is 3.59. The fourth-order valence-corrected chi connectivity index (χ4v) is 3.59. The number of aromatic amines is 1. The van der Waals surface area contributed by atoms with Crippen molar-refractivity contribution in [1.82, 2.24) is 4.98 Å². The van der Waals surface area contributed by atoms with Crippen LogP contribution in [0, 0.1) is 0 Å². The molecule has 0 aliphatic rings. The van der Waals surface area contributed by atoms with Gasteiger partial charge in [0.25, 0.3) is 0 Å². The average molecular weight is 406 g/mol. The molecule has 0 unspecified atom stereocenters. The van der Waals surface area contributed by atoms with Crippen LogP contribution < -0.4 is 5.73 Å². The van der Waals surface area contributed by atoms with E-state index in [1.54, 1.807) is 26.2 Å². The Morgan fingerprint density at radius 2 is 1.79 bits per heavy atom. The van der Waals surface area contributed by atoms with Crippen molar-refractivity contribution in [2.24, 2.45) is 5.73 Å². The van der Waals surface area contributed by atoms with E-state index in [-0.39, 0.29) is 26.4 Å². The summed E-state index contributed by atoms with van der Waals surface area (Å²) in [4.78, 5) is 15.7. The van der Waals surface area contributed by atoms with E-state index in [0.717, 1.165) is 11.3 Å². The quantitative estimate of drug-likeness (QED) is 0.351. The number of hydrogen-bond acceptors (Lipinski definition) is 7. The molecule has 0 spiro atoms. The Kier molecular flexibility index (Phi) is 8.81. The van der Waals surface area contributed by atoms with Crippen LogP contribution >= 0.6 is 0 Å². The lowest BCUT2D eigenvalue weighted by Gasteiger charge is -2.17. The van der Waals surface area contributed by atoms with Gasteiger partial charge in [0.05, 0.1) is 33.0 Å². The van der Waals surface area contributed by atoms with Crippen LogP contribution in [0.25, 0.3) is 11.1 Å². The number of ether oxygens (including phenoxy) is 2. The summed E-state index contributed by atoms with van der Waals surface area (Å²) in [6.07, 6.45) is 0.929. The number of carbonyl (C=O) groups is 1. The van der Waals surface area contributed by atoms with Crippen molar-refractivity contribution >= 4 is 5.97 Å². The third-order valence-corrected chi connectivity index (χ3v) is 4.90. The van der Waals surface area contributed by atoms with Crippen molar-refractivity contribution < 1.29 is 29.6 Å². The van der Waals surface area contributed by atoms with E-state index in [9.17, 15) is 20.1 Å². The topological polar surface area (TPSA) is 138 Å². The molecule has 0 aliphatic heterocycles. The molecule has 1 heterocycles. The molecular weight excluding hydrogens is 376 g/mol. The minimum atomic E-state index is -0.469. The number of benzene rings is 1. The van der Waals surface area contributed by atoms with Crippen molar-refractivity contribution in [3.05, 3.63) is 45.8 Å². The van der Waals surface area contributed by atoms with Gasteiger partial charge in [0, 0.05) is 24.8 Å². The highest BCUT2D eigenvalue weighted by atomic mass is 16.5. The molecule has 0 atom stereocenters. The summed E-state index contributed by atoms with van der Waals surface area (Å²) in [6, 6.07) is 3.49. The summed E-state index contributed by atoms with van der Waals surface area (Å²) in [7, 11) is 1.58. The summed E-state index contributed by atoms with van der Waals surface area (Å²) in [6.45, 7) is 1.81. The maximum absolute atomic E-state index is 12.6. The molecule has 1 aromatic heterocycles. The van der Waals surface area contributed by atoms with Gasteiger partial charge in [-0.2, -0.15) is 0 Å². The first kappa shape index (κ1) is 23.1. The van der Waals surface area contributed by atoms with E-state index in [1.807, 2.05) is 0 Å². The third kappa shape index (κ3) is 4.85. The maximum atomic E-state index is 12.6. The first-order valence-electron chi connectivity index (χ1n) is 9.64. The molecule has 0 amide bonds. The molecule has 0 fully saturated rings. The number of esters is 1. The van der Waals surface area contributed by atoms with Gasteiger partial charge in [-0.3, -0.25) is 0 Å². The number of aliphatic hydroxyl groups excluding tert-OH is 3. The molecule has 6 N–H and O–H groups in total. The van der Waals surface area contributed by atoms with E-state index in [4.69, 9.17) is 15.2 Å². The van der Waals surface area contributed by atoms with Gasteiger partial charge in [-0.1, -0.05) is 12.1 Å². The number of nitrogens with one attached hydrogen (secondary N) is 1. The normalized spacial score (nSPS) is 11.1. The molecule has 0 saturated carbocycles. The van der Waals surface area contributed by atoms with Crippen LogP contribution in [0.1, 0.15) is 45.4 Å². The lowest BCUT2D eigenvalue weighted by atomic mass is 9.89. The SMILES string of the molecule is CCOC(=O)c1[nH]c(CCN)c(-c2ccc(CO)c(CO)c2CO)c1CCOC. The average Bonchev–Trinajstić information content (AvgIpc) is 3.09. The summed E-state index contributed by atoms with van der Waals surface area (Å²) in [5.74, 6) is -0.469. The zero-order valence-electron chi connectivity index (χ0n) is 17.0. The summed E-state index contributed by atoms with van der Waals surface area (Å²) in [5.41, 5.74) is 10.5. The van der Waals surface area contributed by atoms with E-state index < -0.39 is 5.97 Å². The Balaban J connectivity index is 2.80. The highest BCUT2D eigenvalue weighted by molar-refractivity contribution is 5.93. The maximum Gasteiger partial charge on any atom is 0.355 e. The highest BCUT2D eigenvalue weighted by Crippen LogP contribution is 2.36. The van der Waals surface area contributed by atoms with Gasteiger partial charge in [-0.15, -0.1) is 0 Å². The van der Waals surface area contributed by atoms with E-state index >= 15 is 0 Å². The zero-order valence-corrected chi connectivity index (χ0v) is 17.0. The van der Waals surface area contributed by atoms with Crippen LogP contribution in [-0.4, -0.2) is 53.1 Å². The molecule has 0 saturated heterocycles. The number of rotatable bonds is 11. The lowest BCUT2D eigenvalue weighted by Crippen LogP contribution is -2.10. The molecule has 0 bridgehead atoms. The predicted molar refractivity (Wildman–Crippen MR) is 108 cm³/mol. The van der Waals surface area contributed by atoms with Gasteiger partial charge in [-0.25, -0.2) is 4.79 Å². The van der Waals surface area contributed by atoms with Crippen LogP contribution in [0.4, 0.5) is 0 Å². The van der Waals surface area contributed by atoms with Crippen LogP contribution in [0.2, 0.25) is 0 Å². The Morgan fingerprint density at radius 3 is 2.34 bits per heavy atom. The van der Waals surface area contributed by atoms with E-state index in [0.29, 0.717) is 59.5 Å². The molecule has 2 rings (SSSR count). The summed E-state index contributed by atoms with van der Waals surface area (Å²) >= 11 is 0. The van der Waals surface area contributed by atoms with Crippen LogP contribution in [-0.2, 0) is 42.1 Å². The zero-order chi connectivity index (χ0) is 21.4. The standard InChI is InChI=1S/C21H30N2O6/c1-3-29-21(27)20-15(7-9-28-2)19(18(23-20)6-8-22)14-5-4-13(10-24)16(11-25)17(14)12-26/h4-5,23-26H,3,6-12,22H2,1-2H3. The van der Waals surface area contributed by atoms with Crippen molar-refractivity contribution in [2.75, 3.05) is 26.9 Å². The fraction of sp³-hybridized carbons (Fsp3) is 0.476. The van der Waals surface area contributed by atoms with Crippen molar-refractivity contribution in [3.8, 4) is 11.1 Å². The van der Waals surface area contributed by atoms with Gasteiger partial charge >= 0.3 is 5.97 Å². The molecule has 2 aromatic rings. The highest BCUT2D eigenvalue weighted by Gasteiger charge is 2.26. The first-order valence-corrected chi connectivity index (χ1v) is 9.64. The van der Waals surface area contributed by atoms with E-state index in [2.05, 4.69) is 4.98 Å². The molecular formula is C21H30N2O6. The smallest absolute Gasteiger partial charge is 0.355 e. The summed E-state index contributed by atoms with van der Waals surface area (Å²) in [5, 5.41) is 29.5. The van der Waals surface area contributed by atoms with Gasteiger partial charge in [-0.05, 0) is 47.7 Å². The lowest BCUT2D eigenvalue weighted by molar-refractivity contribution is 0.0518. The largest absolute Gasteiger partial charge is 0.461 e. The molecule has 0 aliphatic carbocycles. The molecule has 1 aromatic carbocycles.